The Bertz CT molecular complexity index is 1440. The van der Waals surface area contributed by atoms with E-state index in [9.17, 15) is 4.79 Å². The van der Waals surface area contributed by atoms with Crippen LogP contribution in [0.5, 0.6) is 0 Å². The van der Waals surface area contributed by atoms with Gasteiger partial charge in [-0.15, -0.1) is 0 Å². The molecule has 0 fully saturated rings. The molecule has 1 aliphatic rings. The summed E-state index contributed by atoms with van der Waals surface area (Å²) in [6.45, 7) is 1.60. The van der Waals surface area contributed by atoms with Crippen molar-refractivity contribution in [1.29, 1.82) is 0 Å². The minimum Gasteiger partial charge on any atom is -0.273 e. The van der Waals surface area contributed by atoms with Gasteiger partial charge in [0, 0.05) is 13.3 Å². The van der Waals surface area contributed by atoms with E-state index >= 15 is 0 Å². The Hall–Kier alpha value is -3.72. The van der Waals surface area contributed by atoms with Crippen LogP contribution in [0.2, 0.25) is 0 Å². The first-order valence-electron chi connectivity index (χ1n) is 10.3. The van der Waals surface area contributed by atoms with Crippen LogP contribution in [-0.2, 0) is 4.79 Å². The molecule has 1 heterocycles. The number of amides is 1. The van der Waals surface area contributed by atoms with E-state index in [4.69, 9.17) is 5.10 Å². The molecule has 144 valence electrons. The molecule has 0 bridgehead atoms. The van der Waals surface area contributed by atoms with Gasteiger partial charge >= 0.3 is 0 Å². The van der Waals surface area contributed by atoms with E-state index in [1.54, 1.807) is 11.9 Å². The number of benzene rings is 5. The molecule has 6 rings (SSSR count). The normalized spacial score (nSPS) is 16.6. The molecule has 3 heteroatoms. The third-order valence-corrected chi connectivity index (χ3v) is 6.26. The largest absolute Gasteiger partial charge is 0.273 e. The van der Waals surface area contributed by atoms with E-state index in [1.807, 2.05) is 18.2 Å². The zero-order chi connectivity index (χ0) is 20.2. The Morgan fingerprint density at radius 2 is 1.47 bits per heavy atom. The number of hydrogen-bond acceptors (Lipinski definition) is 2. The Balaban J connectivity index is 1.56. The molecule has 1 atom stereocenters. The van der Waals surface area contributed by atoms with Crippen LogP contribution in [0.15, 0.2) is 90.0 Å². The molecule has 30 heavy (non-hydrogen) atoms. The second-order valence-electron chi connectivity index (χ2n) is 8.01. The van der Waals surface area contributed by atoms with Crippen molar-refractivity contribution >= 4 is 43.9 Å². The van der Waals surface area contributed by atoms with E-state index in [0.717, 1.165) is 16.8 Å². The first kappa shape index (κ1) is 17.2. The summed E-state index contributed by atoms with van der Waals surface area (Å²) in [6, 6.07) is 29.6. The maximum Gasteiger partial charge on any atom is 0.240 e. The lowest BCUT2D eigenvalue weighted by molar-refractivity contribution is -0.130. The summed E-state index contributed by atoms with van der Waals surface area (Å²) in [5, 5.41) is 13.9. The highest BCUT2D eigenvalue weighted by Crippen LogP contribution is 2.41. The molecule has 1 amide bonds. The maximum absolute atomic E-state index is 12.5. The van der Waals surface area contributed by atoms with Gasteiger partial charge in [0.25, 0.3) is 0 Å². The molecule has 5 aromatic carbocycles. The maximum atomic E-state index is 12.5. The average Bonchev–Trinajstić information content (AvgIpc) is 3.24. The zero-order valence-electron chi connectivity index (χ0n) is 16.7. The van der Waals surface area contributed by atoms with Crippen LogP contribution < -0.4 is 0 Å². The quantitative estimate of drug-likeness (QED) is 0.328. The number of hydrazone groups is 1. The van der Waals surface area contributed by atoms with Crippen molar-refractivity contribution in [2.24, 2.45) is 5.10 Å². The lowest BCUT2D eigenvalue weighted by atomic mass is 9.88. The van der Waals surface area contributed by atoms with E-state index in [1.165, 1.54) is 32.3 Å². The summed E-state index contributed by atoms with van der Waals surface area (Å²) in [4.78, 5) is 12.5. The van der Waals surface area contributed by atoms with Crippen molar-refractivity contribution in [2.45, 2.75) is 19.4 Å². The third-order valence-electron chi connectivity index (χ3n) is 6.26. The summed E-state index contributed by atoms with van der Waals surface area (Å²) >= 11 is 0. The summed E-state index contributed by atoms with van der Waals surface area (Å²) in [6.07, 6.45) is 0.716. The van der Waals surface area contributed by atoms with Crippen LogP contribution in [0.3, 0.4) is 0 Å². The third kappa shape index (κ3) is 2.45. The van der Waals surface area contributed by atoms with Crippen molar-refractivity contribution in [1.82, 2.24) is 5.01 Å². The van der Waals surface area contributed by atoms with Gasteiger partial charge in [0.1, 0.15) is 0 Å². The molecule has 0 aliphatic carbocycles. The predicted molar refractivity (Wildman–Crippen MR) is 123 cm³/mol. The van der Waals surface area contributed by atoms with Gasteiger partial charge < -0.3 is 0 Å². The molecular weight excluding hydrogens is 368 g/mol. The molecule has 0 aromatic heterocycles. The highest BCUT2D eigenvalue weighted by Gasteiger charge is 2.32. The first-order valence-corrected chi connectivity index (χ1v) is 10.3. The average molecular weight is 388 g/mol. The second-order valence-corrected chi connectivity index (χ2v) is 8.01. The second kappa shape index (κ2) is 6.39. The predicted octanol–water partition coefficient (Wildman–Crippen LogP) is 6.28. The Morgan fingerprint density at radius 3 is 2.20 bits per heavy atom. The SMILES string of the molecule is CC(=O)N1N=C(c2ccccc2)C[C@@H]1c1ccc2ccc3cccc4ccc1c2c34. The molecule has 0 unspecified atom stereocenters. The number of carbonyl (C=O) groups excluding carboxylic acids is 1. The van der Waals surface area contributed by atoms with Crippen molar-refractivity contribution < 1.29 is 4.79 Å². The molecule has 1 aliphatic heterocycles. The number of carbonyl (C=O) groups is 1. The van der Waals surface area contributed by atoms with Gasteiger partial charge in [0.15, 0.2) is 0 Å². The Labute approximate surface area is 174 Å². The number of rotatable bonds is 2. The first-order chi connectivity index (χ1) is 14.7. The van der Waals surface area contributed by atoms with Crippen LogP contribution in [0, 0.1) is 0 Å². The standard InChI is InChI=1S/C27H20N2O/c1-17(30)29-25(16-24(28-29)18-6-3-2-4-7-18)22-14-12-21-11-10-19-8-5-9-20-13-15-23(22)27(21)26(19)20/h2-15,25H,16H2,1H3/t25-/m1/s1. The van der Waals surface area contributed by atoms with Crippen LogP contribution in [0.25, 0.3) is 32.3 Å². The molecule has 5 aromatic rings. The lowest BCUT2D eigenvalue weighted by Crippen LogP contribution is -2.24. The van der Waals surface area contributed by atoms with Crippen molar-refractivity contribution in [3.8, 4) is 0 Å². The van der Waals surface area contributed by atoms with Crippen LogP contribution in [-0.4, -0.2) is 16.6 Å². The van der Waals surface area contributed by atoms with Crippen molar-refractivity contribution in [2.75, 3.05) is 0 Å². The number of nitrogens with zero attached hydrogens (tertiary/aromatic N) is 2. The fourth-order valence-corrected chi connectivity index (χ4v) is 4.90. The monoisotopic (exact) mass is 388 g/mol. The summed E-state index contributed by atoms with van der Waals surface area (Å²) < 4.78 is 0. The van der Waals surface area contributed by atoms with Crippen LogP contribution in [0.4, 0.5) is 0 Å². The molecule has 0 radical (unpaired) electrons. The lowest BCUT2D eigenvalue weighted by Gasteiger charge is -2.23. The smallest absolute Gasteiger partial charge is 0.240 e. The Morgan fingerprint density at radius 1 is 0.800 bits per heavy atom. The summed E-state index contributed by atoms with van der Waals surface area (Å²) in [5.41, 5.74) is 3.19. The molecule has 0 saturated carbocycles. The van der Waals surface area contributed by atoms with Crippen molar-refractivity contribution in [3.63, 3.8) is 0 Å². The van der Waals surface area contributed by atoms with E-state index < -0.39 is 0 Å². The fourth-order valence-electron chi connectivity index (χ4n) is 4.90. The summed E-state index contributed by atoms with van der Waals surface area (Å²) in [5.74, 6) is -0.0309. The highest BCUT2D eigenvalue weighted by molar-refractivity contribution is 6.23. The topological polar surface area (TPSA) is 32.7 Å². The van der Waals surface area contributed by atoms with Gasteiger partial charge in [-0.25, -0.2) is 5.01 Å². The highest BCUT2D eigenvalue weighted by atomic mass is 16.2. The molecule has 0 N–H and O–H groups in total. The molecule has 0 saturated heterocycles. The Kier molecular flexibility index (Phi) is 3.66. The zero-order valence-corrected chi connectivity index (χ0v) is 16.7. The summed E-state index contributed by atoms with van der Waals surface area (Å²) in [7, 11) is 0. The van der Waals surface area contributed by atoms with Gasteiger partial charge in [-0.05, 0) is 43.4 Å². The van der Waals surface area contributed by atoms with Gasteiger partial charge in [0.2, 0.25) is 5.91 Å². The fraction of sp³-hybridized carbons (Fsp3) is 0.111. The van der Waals surface area contributed by atoms with Crippen LogP contribution >= 0.6 is 0 Å². The minimum atomic E-state index is -0.0951. The minimum absolute atomic E-state index is 0.0309. The van der Waals surface area contributed by atoms with Crippen LogP contribution in [0.1, 0.15) is 30.5 Å². The molecule has 0 spiro atoms. The van der Waals surface area contributed by atoms with E-state index in [2.05, 4.69) is 66.7 Å². The molecular formula is C27H20N2O. The van der Waals surface area contributed by atoms with E-state index in [0.29, 0.717) is 6.42 Å². The van der Waals surface area contributed by atoms with Crippen molar-refractivity contribution in [3.05, 3.63) is 96.1 Å². The van der Waals surface area contributed by atoms with Gasteiger partial charge in [-0.1, -0.05) is 84.9 Å². The molecule has 3 nitrogen and oxygen atoms in total. The van der Waals surface area contributed by atoms with Gasteiger partial charge in [-0.3, -0.25) is 4.79 Å². The van der Waals surface area contributed by atoms with Gasteiger partial charge in [-0.2, -0.15) is 5.10 Å². The van der Waals surface area contributed by atoms with Gasteiger partial charge in [0.05, 0.1) is 11.8 Å². The number of hydrogen-bond donors (Lipinski definition) is 0. The van der Waals surface area contributed by atoms with E-state index in [-0.39, 0.29) is 11.9 Å².